The van der Waals surface area contributed by atoms with E-state index in [0.717, 1.165) is 55.0 Å². The highest BCUT2D eigenvalue weighted by molar-refractivity contribution is 7.26. The molecule has 10 aromatic rings. The van der Waals surface area contributed by atoms with E-state index in [1.807, 2.05) is 6.08 Å². The molecule has 0 atom stereocenters. The lowest BCUT2D eigenvalue weighted by Gasteiger charge is -2.13. The molecule has 0 bridgehead atoms. The van der Waals surface area contributed by atoms with E-state index in [2.05, 4.69) is 167 Å². The predicted octanol–water partition coefficient (Wildman–Crippen LogP) is 11.9. The molecule has 0 amide bonds. The van der Waals surface area contributed by atoms with Crippen molar-refractivity contribution in [2.24, 2.45) is 0 Å². The Labute approximate surface area is 286 Å². The van der Waals surface area contributed by atoms with Crippen molar-refractivity contribution in [1.82, 2.24) is 19.1 Å². The second-order valence-corrected chi connectivity index (χ2v) is 13.4. The van der Waals surface area contributed by atoms with Gasteiger partial charge in [-0.25, -0.2) is 9.97 Å². The van der Waals surface area contributed by atoms with Gasteiger partial charge in [-0.2, -0.15) is 0 Å². The van der Waals surface area contributed by atoms with Gasteiger partial charge in [0.15, 0.2) is 5.82 Å². The first-order valence-corrected chi connectivity index (χ1v) is 17.2. The standard InChI is InChI=1S/C44H28N4S/c1-2-31-25-28-13-3-7-21-37(28)47(31)32-16-12-15-30(27-32)44-45-41(43-42(46-44)36-20-6-10-24-40(36)49-43)29-14-11-17-33(26-29)48-38-22-8-4-18-34(38)35-19-5-9-23-39(35)48/h2-27H,1H2. The largest absolute Gasteiger partial charge is 0.310 e. The Balaban J connectivity index is 1.20. The van der Waals surface area contributed by atoms with Crippen molar-refractivity contribution < 1.29 is 0 Å². The summed E-state index contributed by atoms with van der Waals surface area (Å²) < 4.78 is 6.90. The van der Waals surface area contributed by atoms with Crippen molar-refractivity contribution >= 4 is 70.4 Å². The number of para-hydroxylation sites is 3. The number of aromatic nitrogens is 4. The monoisotopic (exact) mass is 644 g/mol. The molecule has 0 saturated heterocycles. The van der Waals surface area contributed by atoms with Crippen LogP contribution >= 0.6 is 11.3 Å². The van der Waals surface area contributed by atoms with Crippen LogP contribution in [0, 0.1) is 0 Å². The molecule has 4 heterocycles. The van der Waals surface area contributed by atoms with E-state index >= 15 is 0 Å². The van der Waals surface area contributed by atoms with E-state index in [1.54, 1.807) is 11.3 Å². The molecule has 230 valence electrons. The van der Waals surface area contributed by atoms with Gasteiger partial charge in [-0.15, -0.1) is 11.3 Å². The molecule has 0 saturated carbocycles. The third-order valence-corrected chi connectivity index (χ3v) is 10.7. The van der Waals surface area contributed by atoms with Crippen LogP contribution in [0.4, 0.5) is 0 Å². The fraction of sp³-hybridized carbons (Fsp3) is 0. The fourth-order valence-corrected chi connectivity index (χ4v) is 8.46. The third kappa shape index (κ3) is 4.30. The average molecular weight is 645 g/mol. The summed E-state index contributed by atoms with van der Waals surface area (Å²) in [4.78, 5) is 10.6. The van der Waals surface area contributed by atoms with Crippen molar-refractivity contribution in [1.29, 1.82) is 0 Å². The van der Waals surface area contributed by atoms with Gasteiger partial charge in [0.05, 0.1) is 32.5 Å². The number of benzene rings is 6. The molecule has 4 nitrogen and oxygen atoms in total. The number of thiophene rings is 1. The van der Waals surface area contributed by atoms with Crippen molar-refractivity contribution in [3.05, 3.63) is 164 Å². The Hall–Kier alpha value is -6.30. The summed E-state index contributed by atoms with van der Waals surface area (Å²) in [7, 11) is 0. The molecular weight excluding hydrogens is 617 g/mol. The van der Waals surface area contributed by atoms with Gasteiger partial charge in [0.1, 0.15) is 0 Å². The van der Waals surface area contributed by atoms with Crippen molar-refractivity contribution in [3.63, 3.8) is 0 Å². The minimum absolute atomic E-state index is 0.701. The minimum atomic E-state index is 0.701. The molecule has 0 spiro atoms. The quantitative estimate of drug-likeness (QED) is 0.187. The first-order valence-electron chi connectivity index (χ1n) is 16.4. The van der Waals surface area contributed by atoms with Gasteiger partial charge in [0.2, 0.25) is 0 Å². The van der Waals surface area contributed by atoms with Crippen LogP contribution in [0.2, 0.25) is 0 Å². The zero-order valence-corrected chi connectivity index (χ0v) is 27.2. The lowest BCUT2D eigenvalue weighted by Crippen LogP contribution is -1.99. The molecule has 0 N–H and O–H groups in total. The number of rotatable bonds is 5. The molecular formula is C44H28N4S. The molecule has 0 aliphatic heterocycles. The molecule has 0 radical (unpaired) electrons. The Kier molecular flexibility index (Phi) is 6.16. The SMILES string of the molecule is C=Cc1cc2ccccc2n1-c1cccc(-c2nc(-c3cccc(-n4c5ccccc5c5ccccc54)c3)c3sc4ccccc4c3n2)c1. The van der Waals surface area contributed by atoms with Crippen LogP contribution in [-0.2, 0) is 0 Å². The Bertz CT molecular complexity index is 2870. The van der Waals surface area contributed by atoms with Gasteiger partial charge in [0.25, 0.3) is 0 Å². The highest BCUT2D eigenvalue weighted by atomic mass is 32.1. The van der Waals surface area contributed by atoms with Crippen molar-refractivity contribution in [2.45, 2.75) is 0 Å². The van der Waals surface area contributed by atoms with E-state index in [1.165, 1.54) is 31.9 Å². The molecule has 0 aliphatic carbocycles. The number of fused-ring (bicyclic) bond motifs is 7. The summed E-state index contributed by atoms with van der Waals surface area (Å²) in [5, 5.41) is 4.81. The maximum absolute atomic E-state index is 5.37. The van der Waals surface area contributed by atoms with Gasteiger partial charge in [-0.3, -0.25) is 0 Å². The molecule has 4 aromatic heterocycles. The second kappa shape index (κ2) is 10.9. The lowest BCUT2D eigenvalue weighted by atomic mass is 10.1. The summed E-state index contributed by atoms with van der Waals surface area (Å²) >= 11 is 1.76. The molecule has 10 rings (SSSR count). The van der Waals surface area contributed by atoms with E-state index < -0.39 is 0 Å². The normalized spacial score (nSPS) is 11.8. The first kappa shape index (κ1) is 27.8. The molecule has 0 unspecified atom stereocenters. The maximum atomic E-state index is 5.37. The summed E-state index contributed by atoms with van der Waals surface area (Å²) in [6.07, 6.45) is 1.91. The highest BCUT2D eigenvalue weighted by Crippen LogP contribution is 2.41. The van der Waals surface area contributed by atoms with Gasteiger partial charge in [0, 0.05) is 54.4 Å². The summed E-state index contributed by atoms with van der Waals surface area (Å²) in [6.45, 7) is 4.11. The molecule has 6 aromatic carbocycles. The van der Waals surface area contributed by atoms with Gasteiger partial charge in [-0.05, 0) is 60.7 Å². The molecule has 0 fully saturated rings. The highest BCUT2D eigenvalue weighted by Gasteiger charge is 2.19. The fourth-order valence-electron chi connectivity index (χ4n) is 7.31. The minimum Gasteiger partial charge on any atom is -0.310 e. The molecule has 0 aliphatic rings. The van der Waals surface area contributed by atoms with Gasteiger partial charge in [-0.1, -0.05) is 104 Å². The van der Waals surface area contributed by atoms with Crippen LogP contribution in [0.1, 0.15) is 5.69 Å². The van der Waals surface area contributed by atoms with Gasteiger partial charge >= 0.3 is 0 Å². The summed E-state index contributed by atoms with van der Waals surface area (Å²) in [5.41, 5.74) is 10.6. The Morgan fingerprint density at radius 2 is 1.14 bits per heavy atom. The maximum Gasteiger partial charge on any atom is 0.160 e. The summed E-state index contributed by atoms with van der Waals surface area (Å²) in [5.74, 6) is 0.701. The van der Waals surface area contributed by atoms with E-state index in [-0.39, 0.29) is 0 Å². The Morgan fingerprint density at radius 1 is 0.531 bits per heavy atom. The predicted molar refractivity (Wildman–Crippen MR) is 207 cm³/mol. The number of nitrogens with zero attached hydrogens (tertiary/aromatic N) is 4. The van der Waals surface area contributed by atoms with E-state index in [0.29, 0.717) is 5.82 Å². The van der Waals surface area contributed by atoms with Crippen LogP contribution in [0.3, 0.4) is 0 Å². The molecule has 49 heavy (non-hydrogen) atoms. The van der Waals surface area contributed by atoms with Crippen LogP contribution in [0.15, 0.2) is 158 Å². The first-order chi connectivity index (χ1) is 24.2. The average Bonchev–Trinajstić information content (AvgIpc) is 3.84. The Morgan fingerprint density at radius 3 is 1.90 bits per heavy atom. The van der Waals surface area contributed by atoms with Crippen LogP contribution in [-0.4, -0.2) is 19.1 Å². The third-order valence-electron chi connectivity index (χ3n) is 9.49. The van der Waals surface area contributed by atoms with Crippen LogP contribution in [0.5, 0.6) is 0 Å². The molecule has 5 heteroatoms. The number of hydrogen-bond acceptors (Lipinski definition) is 3. The van der Waals surface area contributed by atoms with Crippen molar-refractivity contribution in [2.75, 3.05) is 0 Å². The topological polar surface area (TPSA) is 35.6 Å². The smallest absolute Gasteiger partial charge is 0.160 e. The van der Waals surface area contributed by atoms with E-state index in [4.69, 9.17) is 9.97 Å². The van der Waals surface area contributed by atoms with Crippen LogP contribution < -0.4 is 0 Å². The lowest BCUT2D eigenvalue weighted by molar-refractivity contribution is 1.11. The summed E-state index contributed by atoms with van der Waals surface area (Å²) in [6, 6.07) is 53.7. The zero-order chi connectivity index (χ0) is 32.5. The zero-order valence-electron chi connectivity index (χ0n) is 26.4. The van der Waals surface area contributed by atoms with Crippen molar-refractivity contribution in [3.8, 4) is 34.0 Å². The van der Waals surface area contributed by atoms with Gasteiger partial charge < -0.3 is 9.13 Å². The second-order valence-electron chi connectivity index (χ2n) is 12.3. The van der Waals surface area contributed by atoms with Crippen LogP contribution in [0.25, 0.3) is 93.1 Å². The number of hydrogen-bond donors (Lipinski definition) is 0. The van der Waals surface area contributed by atoms with E-state index in [9.17, 15) is 0 Å².